The molecule has 1 aromatic heterocycles. The number of aromatic nitrogens is 1. The first-order valence-corrected chi connectivity index (χ1v) is 5.49. The number of hydrogen-bond acceptors (Lipinski definition) is 2. The average Bonchev–Trinajstić information content (AvgIpc) is 2.29. The largest absolute Gasteiger partial charge is 0.320 e. The molecule has 0 amide bonds. The topological polar surface area (TPSA) is 38.9 Å². The molecule has 2 rings (SSSR count). The van der Waals surface area contributed by atoms with Crippen molar-refractivity contribution in [2.24, 2.45) is 5.73 Å². The van der Waals surface area contributed by atoms with Crippen LogP contribution in [0, 0.1) is 6.92 Å². The first-order valence-electron chi connectivity index (χ1n) is 5.11. The maximum absolute atomic E-state index is 6.18. The van der Waals surface area contributed by atoms with Crippen LogP contribution >= 0.6 is 11.6 Å². The fourth-order valence-corrected chi connectivity index (χ4v) is 1.91. The summed E-state index contributed by atoms with van der Waals surface area (Å²) in [7, 11) is 0. The number of benzene rings is 1. The number of aryl methyl sites for hydroxylation is 1. The molecule has 0 fully saturated rings. The number of pyridine rings is 1. The van der Waals surface area contributed by atoms with Crippen molar-refractivity contribution in [2.45, 2.75) is 13.0 Å². The molecule has 0 bridgehead atoms. The normalized spacial score (nSPS) is 12.4. The fourth-order valence-electron chi connectivity index (χ4n) is 1.70. The van der Waals surface area contributed by atoms with Gasteiger partial charge in [0.2, 0.25) is 0 Å². The number of nitrogens with two attached hydrogens (primary N) is 1. The van der Waals surface area contributed by atoms with Crippen LogP contribution in [0.5, 0.6) is 0 Å². The summed E-state index contributed by atoms with van der Waals surface area (Å²) in [6.45, 7) is 1.99. The molecule has 0 unspecified atom stereocenters. The van der Waals surface area contributed by atoms with Crippen LogP contribution in [0.4, 0.5) is 0 Å². The molecule has 2 N–H and O–H groups in total. The summed E-state index contributed by atoms with van der Waals surface area (Å²) in [6.07, 6.45) is 1.75. The van der Waals surface area contributed by atoms with Crippen molar-refractivity contribution in [3.63, 3.8) is 0 Å². The zero-order valence-electron chi connectivity index (χ0n) is 9.02. The van der Waals surface area contributed by atoms with Crippen LogP contribution in [0.1, 0.15) is 22.7 Å². The van der Waals surface area contributed by atoms with Crippen molar-refractivity contribution in [1.82, 2.24) is 4.98 Å². The standard InChI is InChI=1S/C13H13ClN2/c1-9-7-12(14)16-8-11(9)13(15)10-5-3-2-4-6-10/h2-8,13H,15H2,1H3/t13-/m1/s1. The van der Waals surface area contributed by atoms with Crippen LogP contribution in [0.15, 0.2) is 42.6 Å². The van der Waals surface area contributed by atoms with Crippen LogP contribution in [0.25, 0.3) is 0 Å². The number of rotatable bonds is 2. The Bertz CT molecular complexity index is 483. The van der Waals surface area contributed by atoms with Crippen molar-refractivity contribution in [1.29, 1.82) is 0 Å². The van der Waals surface area contributed by atoms with Crippen LogP contribution in [0.3, 0.4) is 0 Å². The number of nitrogens with zero attached hydrogens (tertiary/aromatic N) is 1. The lowest BCUT2D eigenvalue weighted by molar-refractivity contribution is 0.853. The van der Waals surface area contributed by atoms with Gasteiger partial charge in [-0.1, -0.05) is 41.9 Å². The van der Waals surface area contributed by atoms with E-state index >= 15 is 0 Å². The number of hydrogen-bond donors (Lipinski definition) is 1. The molecule has 0 aliphatic heterocycles. The van der Waals surface area contributed by atoms with E-state index in [4.69, 9.17) is 17.3 Å². The molecule has 0 radical (unpaired) electrons. The lowest BCUT2D eigenvalue weighted by atomic mass is 9.98. The minimum Gasteiger partial charge on any atom is -0.320 e. The highest BCUT2D eigenvalue weighted by Crippen LogP contribution is 2.23. The quantitative estimate of drug-likeness (QED) is 0.809. The van der Waals surface area contributed by atoms with Gasteiger partial charge in [0.1, 0.15) is 5.15 Å². The molecule has 82 valence electrons. The number of halogens is 1. The summed E-state index contributed by atoms with van der Waals surface area (Å²) in [5, 5.41) is 0.501. The highest BCUT2D eigenvalue weighted by atomic mass is 35.5. The Hall–Kier alpha value is -1.38. The minimum atomic E-state index is -0.147. The van der Waals surface area contributed by atoms with Gasteiger partial charge in [-0.05, 0) is 29.7 Å². The molecule has 2 aromatic rings. The predicted molar refractivity (Wildman–Crippen MR) is 66.5 cm³/mol. The molecule has 0 saturated carbocycles. The predicted octanol–water partition coefficient (Wildman–Crippen LogP) is 3.09. The Labute approximate surface area is 100 Å². The van der Waals surface area contributed by atoms with Crippen molar-refractivity contribution >= 4 is 11.6 Å². The summed E-state index contributed by atoms with van der Waals surface area (Å²) >= 11 is 5.82. The van der Waals surface area contributed by atoms with Gasteiger partial charge in [0.05, 0.1) is 6.04 Å². The zero-order valence-corrected chi connectivity index (χ0v) is 9.78. The van der Waals surface area contributed by atoms with Crippen molar-refractivity contribution in [3.05, 3.63) is 64.4 Å². The molecule has 1 heterocycles. The third-order valence-corrected chi connectivity index (χ3v) is 2.82. The lowest BCUT2D eigenvalue weighted by Crippen LogP contribution is -2.13. The molecule has 2 nitrogen and oxygen atoms in total. The highest BCUT2D eigenvalue weighted by Gasteiger charge is 2.11. The van der Waals surface area contributed by atoms with Gasteiger partial charge < -0.3 is 5.73 Å². The van der Waals surface area contributed by atoms with Gasteiger partial charge in [-0.25, -0.2) is 4.98 Å². The maximum atomic E-state index is 6.18. The van der Waals surface area contributed by atoms with Gasteiger partial charge in [0.15, 0.2) is 0 Å². The van der Waals surface area contributed by atoms with E-state index in [0.29, 0.717) is 5.15 Å². The van der Waals surface area contributed by atoms with E-state index in [-0.39, 0.29) is 6.04 Å². The zero-order chi connectivity index (χ0) is 11.5. The molecule has 3 heteroatoms. The second kappa shape index (κ2) is 4.64. The molecule has 16 heavy (non-hydrogen) atoms. The van der Waals surface area contributed by atoms with Crippen LogP contribution in [0.2, 0.25) is 5.15 Å². The second-order valence-corrected chi connectivity index (χ2v) is 4.14. The Balaban J connectivity index is 2.38. The average molecular weight is 233 g/mol. The molecule has 0 spiro atoms. The maximum Gasteiger partial charge on any atom is 0.129 e. The van der Waals surface area contributed by atoms with Gasteiger partial charge in [-0.2, -0.15) is 0 Å². The van der Waals surface area contributed by atoms with E-state index in [1.165, 1.54) is 0 Å². The molecule has 0 aliphatic rings. The lowest BCUT2D eigenvalue weighted by Gasteiger charge is -2.14. The van der Waals surface area contributed by atoms with Gasteiger partial charge in [0.25, 0.3) is 0 Å². The third-order valence-electron chi connectivity index (χ3n) is 2.61. The van der Waals surface area contributed by atoms with E-state index < -0.39 is 0 Å². The fraction of sp³-hybridized carbons (Fsp3) is 0.154. The van der Waals surface area contributed by atoms with Gasteiger partial charge in [-0.15, -0.1) is 0 Å². The Morgan fingerprint density at radius 3 is 2.56 bits per heavy atom. The monoisotopic (exact) mass is 232 g/mol. The van der Waals surface area contributed by atoms with Crippen molar-refractivity contribution in [2.75, 3.05) is 0 Å². The highest BCUT2D eigenvalue weighted by molar-refractivity contribution is 6.29. The molecule has 0 saturated heterocycles. The smallest absolute Gasteiger partial charge is 0.129 e. The SMILES string of the molecule is Cc1cc(Cl)ncc1[C@H](N)c1ccccc1. The van der Waals surface area contributed by atoms with Gasteiger partial charge in [0, 0.05) is 6.20 Å². The van der Waals surface area contributed by atoms with E-state index in [1.807, 2.05) is 43.3 Å². The van der Waals surface area contributed by atoms with E-state index in [2.05, 4.69) is 4.98 Å². The first kappa shape index (κ1) is 11.1. The van der Waals surface area contributed by atoms with E-state index in [9.17, 15) is 0 Å². The molecule has 1 atom stereocenters. The summed E-state index contributed by atoms with van der Waals surface area (Å²) in [6, 6.07) is 11.6. The Morgan fingerprint density at radius 1 is 1.25 bits per heavy atom. The summed E-state index contributed by atoms with van der Waals surface area (Å²) in [5.41, 5.74) is 9.34. The van der Waals surface area contributed by atoms with Crippen molar-refractivity contribution in [3.8, 4) is 0 Å². The molecular weight excluding hydrogens is 220 g/mol. The van der Waals surface area contributed by atoms with Gasteiger partial charge in [-0.3, -0.25) is 0 Å². The van der Waals surface area contributed by atoms with Crippen LogP contribution in [-0.2, 0) is 0 Å². The first-order chi connectivity index (χ1) is 7.68. The van der Waals surface area contributed by atoms with Crippen molar-refractivity contribution < 1.29 is 0 Å². The van der Waals surface area contributed by atoms with E-state index in [0.717, 1.165) is 16.7 Å². The van der Waals surface area contributed by atoms with E-state index in [1.54, 1.807) is 6.20 Å². The third kappa shape index (κ3) is 2.23. The summed E-state index contributed by atoms with van der Waals surface area (Å²) < 4.78 is 0. The molecule has 1 aromatic carbocycles. The summed E-state index contributed by atoms with van der Waals surface area (Å²) in [4.78, 5) is 4.07. The van der Waals surface area contributed by atoms with Gasteiger partial charge >= 0.3 is 0 Å². The summed E-state index contributed by atoms with van der Waals surface area (Å²) in [5.74, 6) is 0. The molecular formula is C13H13ClN2. The Morgan fingerprint density at radius 2 is 1.94 bits per heavy atom. The van der Waals surface area contributed by atoms with Crippen LogP contribution < -0.4 is 5.73 Å². The molecule has 0 aliphatic carbocycles. The Kier molecular flexibility index (Phi) is 3.22. The van der Waals surface area contributed by atoms with Crippen LogP contribution in [-0.4, -0.2) is 4.98 Å². The minimum absolute atomic E-state index is 0.147. The second-order valence-electron chi connectivity index (χ2n) is 3.75.